The van der Waals surface area contributed by atoms with Gasteiger partial charge < -0.3 is 0 Å². The molecule has 0 aliphatic heterocycles. The van der Waals surface area contributed by atoms with E-state index in [2.05, 4.69) is 4.72 Å². The molecule has 0 radical (unpaired) electrons. The van der Waals surface area contributed by atoms with Crippen LogP contribution in [0.1, 0.15) is 18.1 Å². The molecule has 0 aliphatic carbocycles. The van der Waals surface area contributed by atoms with Crippen LogP contribution in [0.3, 0.4) is 0 Å². The average Bonchev–Trinajstić information content (AvgIpc) is 2.90. The van der Waals surface area contributed by atoms with Crippen molar-refractivity contribution < 1.29 is 8.42 Å². The summed E-state index contributed by atoms with van der Waals surface area (Å²) in [5.74, 6) is 0. The van der Waals surface area contributed by atoms with Crippen molar-refractivity contribution in [3.63, 3.8) is 0 Å². The smallest absolute Gasteiger partial charge is 0.208 e. The molecule has 0 amide bonds. The zero-order valence-corrected chi connectivity index (χ0v) is 12.5. The van der Waals surface area contributed by atoms with E-state index in [9.17, 15) is 8.42 Å². The van der Waals surface area contributed by atoms with Gasteiger partial charge in [-0.1, -0.05) is 12.1 Å². The van der Waals surface area contributed by atoms with Crippen molar-refractivity contribution in [2.45, 2.75) is 24.3 Å². The van der Waals surface area contributed by atoms with Crippen LogP contribution in [0.5, 0.6) is 0 Å². The van der Waals surface area contributed by atoms with Crippen molar-refractivity contribution in [1.82, 2.24) is 4.72 Å². The third kappa shape index (κ3) is 3.45. The molecule has 4 nitrogen and oxygen atoms in total. The minimum atomic E-state index is -3.67. The van der Waals surface area contributed by atoms with Crippen LogP contribution in [-0.4, -0.2) is 14.5 Å². The molecule has 104 valence electrons. The molecular formula is C14H14N2O2S2. The Morgan fingerprint density at radius 3 is 2.75 bits per heavy atom. The van der Waals surface area contributed by atoms with E-state index in [0.717, 1.165) is 5.56 Å². The molecule has 1 unspecified atom stereocenters. The molecular weight excluding hydrogens is 292 g/mol. The van der Waals surface area contributed by atoms with Gasteiger partial charge in [-0.25, -0.2) is 13.1 Å². The maximum absolute atomic E-state index is 12.3. The van der Waals surface area contributed by atoms with Gasteiger partial charge in [0.15, 0.2) is 0 Å². The Balaban J connectivity index is 2.17. The van der Waals surface area contributed by atoms with Crippen LogP contribution < -0.4 is 4.72 Å². The van der Waals surface area contributed by atoms with Crippen LogP contribution in [0.2, 0.25) is 0 Å². The van der Waals surface area contributed by atoms with Gasteiger partial charge in [0.05, 0.1) is 10.5 Å². The zero-order chi connectivity index (χ0) is 14.6. The van der Waals surface area contributed by atoms with Crippen LogP contribution in [0.4, 0.5) is 0 Å². The molecule has 0 spiro atoms. The summed E-state index contributed by atoms with van der Waals surface area (Å²) >= 11 is 1.58. The van der Waals surface area contributed by atoms with Gasteiger partial charge in [-0.2, -0.15) is 16.6 Å². The van der Waals surface area contributed by atoms with E-state index in [1.54, 1.807) is 23.5 Å². The van der Waals surface area contributed by atoms with Crippen LogP contribution in [-0.2, 0) is 16.4 Å². The van der Waals surface area contributed by atoms with Crippen molar-refractivity contribution >= 4 is 21.4 Å². The van der Waals surface area contributed by atoms with Crippen LogP contribution in [0.15, 0.2) is 46.0 Å². The summed E-state index contributed by atoms with van der Waals surface area (Å²) in [6, 6.07) is 9.84. The molecule has 6 heteroatoms. The van der Waals surface area contributed by atoms with Gasteiger partial charge in [0.1, 0.15) is 6.07 Å². The number of hydrogen-bond acceptors (Lipinski definition) is 4. The number of sulfonamides is 1. The molecule has 0 fully saturated rings. The Morgan fingerprint density at radius 1 is 1.35 bits per heavy atom. The number of thiophene rings is 1. The van der Waals surface area contributed by atoms with E-state index in [0.29, 0.717) is 6.42 Å². The zero-order valence-electron chi connectivity index (χ0n) is 10.9. The Morgan fingerprint density at radius 2 is 2.10 bits per heavy atom. The lowest BCUT2D eigenvalue weighted by Crippen LogP contribution is -2.34. The van der Waals surface area contributed by atoms with Crippen molar-refractivity contribution in [2.75, 3.05) is 0 Å². The number of nitriles is 1. The molecule has 2 aromatic rings. The lowest BCUT2D eigenvalue weighted by atomic mass is 10.1. The fourth-order valence-corrected chi connectivity index (χ4v) is 4.01. The molecule has 0 saturated heterocycles. The molecule has 0 bridgehead atoms. The van der Waals surface area contributed by atoms with Gasteiger partial charge in [0, 0.05) is 6.04 Å². The molecule has 1 atom stereocenters. The van der Waals surface area contributed by atoms with Gasteiger partial charge in [0.25, 0.3) is 0 Å². The SMILES string of the molecule is CC(Cc1ccsc1)NS(=O)(=O)c1ccccc1C#N. The largest absolute Gasteiger partial charge is 0.242 e. The maximum atomic E-state index is 12.3. The maximum Gasteiger partial charge on any atom is 0.242 e. The Hall–Kier alpha value is -1.68. The third-order valence-corrected chi connectivity index (χ3v) is 5.16. The second-order valence-electron chi connectivity index (χ2n) is 4.47. The van der Waals surface area contributed by atoms with Gasteiger partial charge in [0.2, 0.25) is 10.0 Å². The van der Waals surface area contributed by atoms with Crippen molar-refractivity contribution in [3.05, 3.63) is 52.2 Å². The fourth-order valence-electron chi connectivity index (χ4n) is 1.93. The summed E-state index contributed by atoms with van der Waals surface area (Å²) < 4.78 is 27.2. The Labute approximate surface area is 122 Å². The van der Waals surface area contributed by atoms with Crippen molar-refractivity contribution in [1.29, 1.82) is 5.26 Å². The summed E-state index contributed by atoms with van der Waals surface area (Å²) in [4.78, 5) is 0.0275. The van der Waals surface area contributed by atoms with E-state index in [4.69, 9.17) is 5.26 Å². The molecule has 1 aromatic heterocycles. The normalized spacial score (nSPS) is 12.8. The number of benzene rings is 1. The first-order valence-electron chi connectivity index (χ1n) is 6.05. The third-order valence-electron chi connectivity index (χ3n) is 2.78. The molecule has 1 aromatic carbocycles. The highest BCUT2D eigenvalue weighted by Crippen LogP contribution is 2.16. The average molecular weight is 306 g/mol. The summed E-state index contributed by atoms with van der Waals surface area (Å²) in [7, 11) is -3.67. The minimum Gasteiger partial charge on any atom is -0.208 e. The van der Waals surface area contributed by atoms with Crippen molar-refractivity contribution in [3.8, 4) is 6.07 Å². The van der Waals surface area contributed by atoms with E-state index in [1.165, 1.54) is 12.1 Å². The Kier molecular flexibility index (Phi) is 4.55. The molecule has 1 N–H and O–H groups in total. The fraction of sp³-hybridized carbons (Fsp3) is 0.214. The number of nitrogens with zero attached hydrogens (tertiary/aromatic N) is 1. The summed E-state index contributed by atoms with van der Waals surface area (Å²) in [6.45, 7) is 1.81. The van der Waals surface area contributed by atoms with Crippen LogP contribution in [0.25, 0.3) is 0 Å². The van der Waals surface area contributed by atoms with Crippen LogP contribution >= 0.6 is 11.3 Å². The lowest BCUT2D eigenvalue weighted by molar-refractivity contribution is 0.559. The molecule has 0 saturated carbocycles. The number of rotatable bonds is 5. The Bertz CT molecular complexity index is 716. The standard InChI is InChI=1S/C14H14N2O2S2/c1-11(8-12-6-7-19-10-12)16-20(17,18)14-5-3-2-4-13(14)9-15/h2-7,10-11,16H,8H2,1H3. The molecule has 2 rings (SSSR count). The van der Waals surface area contributed by atoms with Gasteiger partial charge >= 0.3 is 0 Å². The van der Waals surface area contributed by atoms with E-state index < -0.39 is 10.0 Å². The van der Waals surface area contributed by atoms with Crippen LogP contribution in [0, 0.1) is 11.3 Å². The molecule has 1 heterocycles. The monoisotopic (exact) mass is 306 g/mol. The first-order valence-corrected chi connectivity index (χ1v) is 8.48. The minimum absolute atomic E-state index is 0.0275. The van der Waals surface area contributed by atoms with E-state index >= 15 is 0 Å². The second kappa shape index (κ2) is 6.18. The molecule has 0 aliphatic rings. The highest BCUT2D eigenvalue weighted by atomic mass is 32.2. The van der Waals surface area contributed by atoms with E-state index in [1.807, 2.05) is 29.8 Å². The highest BCUT2D eigenvalue weighted by molar-refractivity contribution is 7.89. The number of nitrogens with one attached hydrogen (secondary N) is 1. The summed E-state index contributed by atoms with van der Waals surface area (Å²) in [5, 5.41) is 12.9. The summed E-state index contributed by atoms with van der Waals surface area (Å²) in [6.07, 6.45) is 0.622. The topological polar surface area (TPSA) is 70.0 Å². The predicted molar refractivity (Wildman–Crippen MR) is 79.0 cm³/mol. The second-order valence-corrected chi connectivity index (χ2v) is 6.93. The van der Waals surface area contributed by atoms with Gasteiger partial charge in [-0.15, -0.1) is 0 Å². The van der Waals surface area contributed by atoms with Gasteiger partial charge in [-0.3, -0.25) is 0 Å². The van der Waals surface area contributed by atoms with Gasteiger partial charge in [-0.05, 0) is 47.9 Å². The predicted octanol–water partition coefficient (Wildman–Crippen LogP) is 2.53. The highest BCUT2D eigenvalue weighted by Gasteiger charge is 2.20. The quantitative estimate of drug-likeness (QED) is 0.923. The molecule has 20 heavy (non-hydrogen) atoms. The van der Waals surface area contributed by atoms with Crippen molar-refractivity contribution in [2.24, 2.45) is 0 Å². The first-order chi connectivity index (χ1) is 9.53. The number of hydrogen-bond donors (Lipinski definition) is 1. The summed E-state index contributed by atoms with van der Waals surface area (Å²) in [5.41, 5.74) is 1.25. The van der Waals surface area contributed by atoms with E-state index in [-0.39, 0.29) is 16.5 Å². The first kappa shape index (κ1) is 14.7. The lowest BCUT2D eigenvalue weighted by Gasteiger charge is -2.14.